The van der Waals surface area contributed by atoms with Crippen molar-refractivity contribution in [2.75, 3.05) is 6.54 Å². The van der Waals surface area contributed by atoms with Gasteiger partial charge in [0.1, 0.15) is 0 Å². The molecule has 5 rings (SSSR count). The van der Waals surface area contributed by atoms with Crippen LogP contribution in [0.3, 0.4) is 0 Å². The van der Waals surface area contributed by atoms with Crippen LogP contribution in [0, 0.1) is 5.92 Å². The first-order valence-electron chi connectivity index (χ1n) is 15.1. The highest BCUT2D eigenvalue weighted by molar-refractivity contribution is 6.30. The van der Waals surface area contributed by atoms with Gasteiger partial charge in [-0.15, -0.1) is 0 Å². The second kappa shape index (κ2) is 14.3. The van der Waals surface area contributed by atoms with Gasteiger partial charge in [0.05, 0.1) is 17.6 Å². The van der Waals surface area contributed by atoms with Crippen molar-refractivity contribution in [2.45, 2.75) is 57.4 Å². The Kier molecular flexibility index (Phi) is 10.1. The molecule has 42 heavy (non-hydrogen) atoms. The zero-order valence-corrected chi connectivity index (χ0v) is 25.1. The summed E-state index contributed by atoms with van der Waals surface area (Å²) >= 11 is 5.99. The summed E-state index contributed by atoms with van der Waals surface area (Å²) in [6, 6.07) is 29.4. The van der Waals surface area contributed by atoms with E-state index < -0.39 is 5.54 Å². The van der Waals surface area contributed by atoms with E-state index in [1.54, 1.807) is 0 Å². The first-order chi connectivity index (χ1) is 20.6. The molecule has 4 nitrogen and oxygen atoms in total. The zero-order valence-electron chi connectivity index (χ0n) is 24.4. The van der Waals surface area contributed by atoms with Crippen LogP contribution in [0.2, 0.25) is 5.02 Å². The summed E-state index contributed by atoms with van der Waals surface area (Å²) in [7, 11) is 0. The lowest BCUT2D eigenvalue weighted by Crippen LogP contribution is -2.39. The number of fused-ring (bicyclic) bond motifs is 1. The van der Waals surface area contributed by atoms with Gasteiger partial charge in [-0.2, -0.15) is 0 Å². The van der Waals surface area contributed by atoms with Crippen LogP contribution in [0.4, 0.5) is 0 Å². The number of hydrogen-bond acceptors (Lipinski definition) is 2. The molecule has 5 heteroatoms. The number of carbonyl (C=O) groups excluding carboxylic acids is 1. The first kappa shape index (κ1) is 29.6. The molecule has 1 amide bonds. The number of halogens is 1. The Balaban J connectivity index is 1.35. The lowest BCUT2D eigenvalue weighted by atomic mass is 9.78. The van der Waals surface area contributed by atoms with E-state index in [0.717, 1.165) is 43.5 Å². The number of rotatable bonds is 12. The number of aryl methyl sites for hydroxylation is 2. The molecule has 1 unspecified atom stereocenters. The summed E-state index contributed by atoms with van der Waals surface area (Å²) in [6.45, 7) is 2.73. The van der Waals surface area contributed by atoms with Gasteiger partial charge in [-0.1, -0.05) is 109 Å². The van der Waals surface area contributed by atoms with Gasteiger partial charge in [0.2, 0.25) is 5.91 Å². The molecular formula is C37H40ClN3O. The Bertz CT molecular complexity index is 1450. The predicted octanol–water partition coefficient (Wildman–Crippen LogP) is 8.09. The van der Waals surface area contributed by atoms with Gasteiger partial charge in [-0.05, 0) is 80.2 Å². The lowest BCUT2D eigenvalue weighted by Gasteiger charge is -2.38. The summed E-state index contributed by atoms with van der Waals surface area (Å²) in [5, 5.41) is 3.97. The van der Waals surface area contributed by atoms with Crippen molar-refractivity contribution >= 4 is 17.5 Å². The average Bonchev–Trinajstić information content (AvgIpc) is 3.46. The molecule has 1 aromatic heterocycles. The quantitative estimate of drug-likeness (QED) is 0.173. The van der Waals surface area contributed by atoms with E-state index in [9.17, 15) is 4.79 Å². The minimum absolute atomic E-state index is 0.125. The van der Waals surface area contributed by atoms with Gasteiger partial charge in [0, 0.05) is 23.7 Å². The van der Waals surface area contributed by atoms with Gasteiger partial charge in [0.25, 0.3) is 0 Å². The van der Waals surface area contributed by atoms with E-state index in [0.29, 0.717) is 18.9 Å². The van der Waals surface area contributed by atoms with Crippen LogP contribution >= 0.6 is 11.6 Å². The third kappa shape index (κ3) is 6.94. The molecular weight excluding hydrogens is 538 g/mol. The van der Waals surface area contributed by atoms with Crippen LogP contribution in [-0.4, -0.2) is 22.0 Å². The molecule has 0 bridgehead atoms. The van der Waals surface area contributed by atoms with E-state index in [4.69, 9.17) is 16.6 Å². The fourth-order valence-corrected chi connectivity index (χ4v) is 6.27. The van der Waals surface area contributed by atoms with Crippen molar-refractivity contribution in [3.63, 3.8) is 0 Å². The fourth-order valence-electron chi connectivity index (χ4n) is 6.14. The third-order valence-corrected chi connectivity index (χ3v) is 8.61. The Morgan fingerprint density at radius 3 is 2.36 bits per heavy atom. The second-order valence-corrected chi connectivity index (χ2v) is 11.6. The standard InChI is InChI=1S/C37H40ClN3O/c1-2-3-4-11-25-37(31-14-7-5-8-15-31,32-16-9-6-10-17-32)41-28-40-34-24-21-30(26-35(34)41)27-39-36(42)18-12-13-29-19-22-33(38)23-20-29/h2-11,14-17,19-20,22-23,28,30H,12-13,18,21,24-27H2,1H3,(H,39,42)/b3-2-,11-4-. The minimum atomic E-state index is -0.437. The number of hydrogen-bond donors (Lipinski definition) is 1. The first-order valence-corrected chi connectivity index (χ1v) is 15.4. The molecule has 1 aliphatic carbocycles. The van der Waals surface area contributed by atoms with Gasteiger partial charge in [-0.3, -0.25) is 4.79 Å². The van der Waals surface area contributed by atoms with Crippen molar-refractivity contribution in [1.29, 1.82) is 0 Å². The molecule has 0 radical (unpaired) electrons. The van der Waals surface area contributed by atoms with Crippen LogP contribution in [-0.2, 0) is 29.6 Å². The summed E-state index contributed by atoms with van der Waals surface area (Å²) in [5.41, 5.74) is 5.69. The molecule has 1 heterocycles. The second-order valence-electron chi connectivity index (χ2n) is 11.2. The number of imidazole rings is 1. The van der Waals surface area contributed by atoms with E-state index >= 15 is 0 Å². The highest BCUT2D eigenvalue weighted by Crippen LogP contribution is 2.41. The SMILES string of the molecule is C/C=C\C=C/CC(c1ccccc1)(c1ccccc1)n1cnc2c1CC(CNC(=O)CCCc1ccc(Cl)cc1)CC2. The van der Waals surface area contributed by atoms with Gasteiger partial charge >= 0.3 is 0 Å². The van der Waals surface area contributed by atoms with Crippen LogP contribution < -0.4 is 5.32 Å². The highest BCUT2D eigenvalue weighted by atomic mass is 35.5. The van der Waals surface area contributed by atoms with Crippen LogP contribution in [0.1, 0.15) is 60.7 Å². The number of allylic oxidation sites excluding steroid dienone is 4. The summed E-state index contributed by atoms with van der Waals surface area (Å²) in [5.74, 6) is 0.497. The molecule has 0 spiro atoms. The number of nitrogens with zero attached hydrogens (tertiary/aromatic N) is 2. The van der Waals surface area contributed by atoms with Crippen LogP contribution in [0.5, 0.6) is 0 Å². The topological polar surface area (TPSA) is 46.9 Å². The Morgan fingerprint density at radius 2 is 1.69 bits per heavy atom. The molecule has 0 saturated carbocycles. The van der Waals surface area contributed by atoms with Gasteiger partial charge in [0.15, 0.2) is 0 Å². The third-order valence-electron chi connectivity index (χ3n) is 8.36. The summed E-state index contributed by atoms with van der Waals surface area (Å²) in [4.78, 5) is 17.7. The maximum Gasteiger partial charge on any atom is 0.220 e. The summed E-state index contributed by atoms with van der Waals surface area (Å²) in [6.07, 6.45) is 16.4. The molecule has 3 aromatic carbocycles. The smallest absolute Gasteiger partial charge is 0.220 e. The van der Waals surface area contributed by atoms with Crippen molar-refractivity contribution < 1.29 is 4.79 Å². The van der Waals surface area contributed by atoms with Crippen LogP contribution in [0.25, 0.3) is 0 Å². The monoisotopic (exact) mass is 577 g/mol. The van der Waals surface area contributed by atoms with E-state index in [-0.39, 0.29) is 5.91 Å². The molecule has 0 saturated heterocycles. The minimum Gasteiger partial charge on any atom is -0.356 e. The normalized spacial score (nSPS) is 15.2. The highest BCUT2D eigenvalue weighted by Gasteiger charge is 2.38. The molecule has 216 valence electrons. The van der Waals surface area contributed by atoms with Gasteiger partial charge in [-0.25, -0.2) is 4.98 Å². The van der Waals surface area contributed by atoms with E-state index in [1.165, 1.54) is 28.1 Å². The lowest BCUT2D eigenvalue weighted by molar-refractivity contribution is -0.121. The maximum atomic E-state index is 12.7. The zero-order chi connectivity index (χ0) is 29.2. The molecule has 1 N–H and O–H groups in total. The number of amides is 1. The molecule has 4 aromatic rings. The summed E-state index contributed by atoms with van der Waals surface area (Å²) < 4.78 is 2.42. The molecule has 0 fully saturated rings. The Labute approximate surface area is 255 Å². The fraction of sp³-hybridized carbons (Fsp3) is 0.297. The Hall–Kier alpha value is -3.89. The largest absolute Gasteiger partial charge is 0.356 e. The molecule has 1 aliphatic rings. The maximum absolute atomic E-state index is 12.7. The van der Waals surface area contributed by atoms with E-state index in [2.05, 4.69) is 94.9 Å². The molecule has 1 atom stereocenters. The number of aromatic nitrogens is 2. The molecule has 0 aliphatic heterocycles. The van der Waals surface area contributed by atoms with Crippen molar-refractivity contribution in [2.24, 2.45) is 5.92 Å². The van der Waals surface area contributed by atoms with Crippen molar-refractivity contribution in [1.82, 2.24) is 14.9 Å². The number of benzene rings is 3. The van der Waals surface area contributed by atoms with Crippen molar-refractivity contribution in [3.05, 3.63) is 149 Å². The van der Waals surface area contributed by atoms with Gasteiger partial charge < -0.3 is 9.88 Å². The number of nitrogens with one attached hydrogen (secondary N) is 1. The number of carbonyl (C=O) groups is 1. The average molecular weight is 578 g/mol. The van der Waals surface area contributed by atoms with E-state index in [1.807, 2.05) is 37.5 Å². The van der Waals surface area contributed by atoms with Crippen LogP contribution in [0.15, 0.2) is 116 Å². The van der Waals surface area contributed by atoms with Crippen molar-refractivity contribution in [3.8, 4) is 0 Å². The Morgan fingerprint density at radius 1 is 1.00 bits per heavy atom. The predicted molar refractivity (Wildman–Crippen MR) is 173 cm³/mol.